The van der Waals surface area contributed by atoms with Crippen LogP contribution in [-0.2, 0) is 0 Å². The van der Waals surface area contributed by atoms with E-state index < -0.39 is 4.92 Å². The van der Waals surface area contributed by atoms with Gasteiger partial charge in [-0.15, -0.1) is 0 Å². The molecule has 20 heavy (non-hydrogen) atoms. The Morgan fingerprint density at radius 1 is 1.25 bits per heavy atom. The van der Waals surface area contributed by atoms with Crippen molar-refractivity contribution in [1.82, 2.24) is 9.97 Å². The lowest BCUT2D eigenvalue weighted by Crippen LogP contribution is -2.01. The number of benzene rings is 1. The standard InChI is InChI=1S/C12H12N4O4/c1-19-9-4-3-7(5-10(9)20-2)11-8(16(17)18)6-14-12(13)15-11/h3-6H,1-2H3,(H2,13,14,15). The fraction of sp³-hybridized carbons (Fsp3) is 0.167. The number of nitrogen functional groups attached to an aromatic ring is 1. The van der Waals surface area contributed by atoms with E-state index in [-0.39, 0.29) is 17.3 Å². The first kappa shape index (κ1) is 13.5. The molecule has 0 aliphatic rings. The zero-order chi connectivity index (χ0) is 14.7. The Morgan fingerprint density at radius 2 is 1.95 bits per heavy atom. The molecule has 0 aliphatic heterocycles. The van der Waals surface area contributed by atoms with E-state index in [2.05, 4.69) is 9.97 Å². The van der Waals surface area contributed by atoms with E-state index in [1.165, 1.54) is 14.2 Å². The predicted molar refractivity (Wildman–Crippen MR) is 71.6 cm³/mol. The van der Waals surface area contributed by atoms with Crippen molar-refractivity contribution in [2.45, 2.75) is 0 Å². The van der Waals surface area contributed by atoms with Crippen molar-refractivity contribution in [3.05, 3.63) is 34.5 Å². The van der Waals surface area contributed by atoms with E-state index in [4.69, 9.17) is 15.2 Å². The molecule has 0 unspecified atom stereocenters. The number of hydrogen-bond acceptors (Lipinski definition) is 7. The lowest BCUT2D eigenvalue weighted by molar-refractivity contribution is -0.384. The number of methoxy groups -OCH3 is 2. The van der Waals surface area contributed by atoms with Crippen LogP contribution in [0.2, 0.25) is 0 Å². The minimum absolute atomic E-state index is 0.0413. The second-order valence-electron chi connectivity index (χ2n) is 3.79. The molecule has 0 saturated heterocycles. The van der Waals surface area contributed by atoms with E-state index in [1.54, 1.807) is 18.2 Å². The molecule has 0 fully saturated rings. The van der Waals surface area contributed by atoms with Crippen LogP contribution in [0.3, 0.4) is 0 Å². The van der Waals surface area contributed by atoms with Gasteiger partial charge in [0.15, 0.2) is 17.2 Å². The van der Waals surface area contributed by atoms with Crippen LogP contribution in [0.5, 0.6) is 11.5 Å². The number of aromatic nitrogens is 2. The fourth-order valence-corrected chi connectivity index (χ4v) is 1.72. The van der Waals surface area contributed by atoms with Crippen molar-refractivity contribution in [2.24, 2.45) is 0 Å². The molecule has 1 aromatic carbocycles. The molecule has 0 atom stereocenters. The molecule has 0 saturated carbocycles. The van der Waals surface area contributed by atoms with Crippen LogP contribution in [0.1, 0.15) is 0 Å². The third kappa shape index (κ3) is 2.44. The molecule has 0 amide bonds. The zero-order valence-corrected chi connectivity index (χ0v) is 10.9. The summed E-state index contributed by atoms with van der Waals surface area (Å²) < 4.78 is 10.3. The summed E-state index contributed by atoms with van der Waals surface area (Å²) in [5.74, 6) is 0.915. The number of hydrogen-bond donors (Lipinski definition) is 1. The van der Waals surface area contributed by atoms with Crippen molar-refractivity contribution in [1.29, 1.82) is 0 Å². The second kappa shape index (κ2) is 5.39. The molecule has 1 heterocycles. The summed E-state index contributed by atoms with van der Waals surface area (Å²) in [6, 6.07) is 4.86. The van der Waals surface area contributed by atoms with Gasteiger partial charge in [0.1, 0.15) is 6.20 Å². The predicted octanol–water partition coefficient (Wildman–Crippen LogP) is 1.65. The first-order valence-corrected chi connectivity index (χ1v) is 5.56. The molecule has 0 spiro atoms. The summed E-state index contributed by atoms with van der Waals surface area (Å²) in [6.07, 6.45) is 1.08. The number of nitrogens with zero attached hydrogens (tertiary/aromatic N) is 3. The monoisotopic (exact) mass is 276 g/mol. The summed E-state index contributed by atoms with van der Waals surface area (Å²) >= 11 is 0. The fourth-order valence-electron chi connectivity index (χ4n) is 1.72. The molecule has 1 aromatic heterocycles. The van der Waals surface area contributed by atoms with Gasteiger partial charge in [-0.2, -0.15) is 0 Å². The molecule has 0 aliphatic carbocycles. The van der Waals surface area contributed by atoms with Gasteiger partial charge in [-0.3, -0.25) is 10.1 Å². The Bertz CT molecular complexity index is 660. The number of nitrogens with two attached hydrogens (primary N) is 1. The minimum Gasteiger partial charge on any atom is -0.493 e. The molecule has 2 aromatic rings. The maximum atomic E-state index is 11.0. The maximum absolute atomic E-state index is 11.0. The van der Waals surface area contributed by atoms with Gasteiger partial charge in [-0.05, 0) is 18.2 Å². The summed E-state index contributed by atoms with van der Waals surface area (Å²) in [7, 11) is 2.98. The highest BCUT2D eigenvalue weighted by Gasteiger charge is 2.19. The van der Waals surface area contributed by atoms with Crippen molar-refractivity contribution in [2.75, 3.05) is 20.0 Å². The largest absolute Gasteiger partial charge is 0.493 e. The highest BCUT2D eigenvalue weighted by atomic mass is 16.6. The molecule has 104 valence electrons. The van der Waals surface area contributed by atoms with Crippen LogP contribution in [0.4, 0.5) is 11.6 Å². The molecule has 2 N–H and O–H groups in total. The Kier molecular flexibility index (Phi) is 3.65. The average Bonchev–Trinajstić information content (AvgIpc) is 2.46. The lowest BCUT2D eigenvalue weighted by Gasteiger charge is -2.09. The van der Waals surface area contributed by atoms with E-state index in [0.29, 0.717) is 17.1 Å². The number of rotatable bonds is 4. The van der Waals surface area contributed by atoms with Gasteiger partial charge >= 0.3 is 5.69 Å². The van der Waals surface area contributed by atoms with Gasteiger partial charge in [0.05, 0.1) is 19.1 Å². The van der Waals surface area contributed by atoms with Crippen LogP contribution in [0.25, 0.3) is 11.3 Å². The van der Waals surface area contributed by atoms with Gasteiger partial charge in [0.2, 0.25) is 5.95 Å². The highest BCUT2D eigenvalue weighted by molar-refractivity contribution is 5.72. The normalized spacial score (nSPS) is 10.1. The van der Waals surface area contributed by atoms with E-state index in [0.717, 1.165) is 6.20 Å². The van der Waals surface area contributed by atoms with Crippen molar-refractivity contribution >= 4 is 11.6 Å². The Hall–Kier alpha value is -2.90. The Balaban J connectivity index is 2.61. The third-order valence-electron chi connectivity index (χ3n) is 2.64. The number of anilines is 1. The van der Waals surface area contributed by atoms with Crippen LogP contribution in [0.15, 0.2) is 24.4 Å². The van der Waals surface area contributed by atoms with E-state index in [9.17, 15) is 10.1 Å². The topological polar surface area (TPSA) is 113 Å². The zero-order valence-electron chi connectivity index (χ0n) is 10.9. The van der Waals surface area contributed by atoms with Crippen LogP contribution < -0.4 is 15.2 Å². The van der Waals surface area contributed by atoms with Gasteiger partial charge in [-0.1, -0.05) is 0 Å². The highest BCUT2D eigenvalue weighted by Crippen LogP contribution is 2.34. The molecular formula is C12H12N4O4. The Labute approximate surface area is 114 Å². The molecular weight excluding hydrogens is 264 g/mol. The van der Waals surface area contributed by atoms with Crippen molar-refractivity contribution in [3.63, 3.8) is 0 Å². The van der Waals surface area contributed by atoms with Gasteiger partial charge in [0, 0.05) is 5.56 Å². The summed E-state index contributed by atoms with van der Waals surface area (Å²) in [4.78, 5) is 18.0. The van der Waals surface area contributed by atoms with Crippen molar-refractivity contribution < 1.29 is 14.4 Å². The van der Waals surface area contributed by atoms with Gasteiger partial charge in [-0.25, -0.2) is 9.97 Å². The van der Waals surface area contributed by atoms with Gasteiger partial charge < -0.3 is 15.2 Å². The minimum atomic E-state index is -0.564. The molecule has 2 rings (SSSR count). The Morgan fingerprint density at radius 3 is 2.55 bits per heavy atom. The summed E-state index contributed by atoms with van der Waals surface area (Å²) in [6.45, 7) is 0. The number of nitro groups is 1. The van der Waals surface area contributed by atoms with Crippen LogP contribution >= 0.6 is 0 Å². The summed E-state index contributed by atoms with van der Waals surface area (Å²) in [5, 5.41) is 11.0. The molecule has 8 nitrogen and oxygen atoms in total. The number of ether oxygens (including phenoxy) is 2. The third-order valence-corrected chi connectivity index (χ3v) is 2.64. The second-order valence-corrected chi connectivity index (χ2v) is 3.79. The molecule has 0 bridgehead atoms. The maximum Gasteiger partial charge on any atom is 0.313 e. The van der Waals surface area contributed by atoms with E-state index >= 15 is 0 Å². The smallest absolute Gasteiger partial charge is 0.313 e. The van der Waals surface area contributed by atoms with E-state index in [1.807, 2.05) is 0 Å². The summed E-state index contributed by atoms with van der Waals surface area (Å²) in [5.41, 5.74) is 5.88. The molecule has 0 radical (unpaired) electrons. The lowest BCUT2D eigenvalue weighted by atomic mass is 10.1. The van der Waals surface area contributed by atoms with Gasteiger partial charge in [0.25, 0.3) is 0 Å². The van der Waals surface area contributed by atoms with Crippen molar-refractivity contribution in [3.8, 4) is 22.8 Å². The molecule has 8 heteroatoms. The first-order valence-electron chi connectivity index (χ1n) is 5.56. The average molecular weight is 276 g/mol. The van der Waals surface area contributed by atoms with Crippen LogP contribution in [-0.4, -0.2) is 29.1 Å². The SMILES string of the molecule is COc1ccc(-c2nc(N)ncc2[N+](=O)[O-])cc1OC. The quantitative estimate of drug-likeness (QED) is 0.667. The first-order chi connectivity index (χ1) is 9.56. The van der Waals surface area contributed by atoms with Crippen LogP contribution in [0, 0.1) is 10.1 Å².